The van der Waals surface area contributed by atoms with Gasteiger partial charge in [-0.25, -0.2) is 4.79 Å². The maximum atomic E-state index is 12.9. The third-order valence-electron chi connectivity index (χ3n) is 7.04. The number of fused-ring (bicyclic) bond motifs is 3. The Balaban J connectivity index is 1.66. The van der Waals surface area contributed by atoms with E-state index in [1.54, 1.807) is 32.2 Å². The number of carbonyl (C=O) groups excluding carboxylic acids is 2. The van der Waals surface area contributed by atoms with E-state index in [0.717, 1.165) is 11.3 Å². The van der Waals surface area contributed by atoms with Gasteiger partial charge in [0.25, 0.3) is 0 Å². The first kappa shape index (κ1) is 26.8. The van der Waals surface area contributed by atoms with E-state index >= 15 is 0 Å². The lowest BCUT2D eigenvalue weighted by Crippen LogP contribution is -2.24. The summed E-state index contributed by atoms with van der Waals surface area (Å²) in [5, 5.41) is 11.3. The van der Waals surface area contributed by atoms with Crippen molar-refractivity contribution in [1.82, 2.24) is 0 Å². The van der Waals surface area contributed by atoms with Gasteiger partial charge in [-0.05, 0) is 43.2 Å². The molecule has 1 aliphatic heterocycles. The zero-order valence-corrected chi connectivity index (χ0v) is 22.5. The van der Waals surface area contributed by atoms with E-state index in [-0.39, 0.29) is 28.7 Å². The maximum absolute atomic E-state index is 12.9. The van der Waals surface area contributed by atoms with Gasteiger partial charge in [0.1, 0.15) is 22.6 Å². The normalized spacial score (nSPS) is 14.4. The minimum atomic E-state index is -0.728. The van der Waals surface area contributed by atoms with Crippen molar-refractivity contribution >= 4 is 22.7 Å². The number of methoxy groups -OCH3 is 2. The summed E-state index contributed by atoms with van der Waals surface area (Å²) >= 11 is 0. The number of phenolic OH excluding ortho intramolecular Hbond substituents is 1. The molecule has 0 saturated carbocycles. The average Bonchev–Trinajstić information content (AvgIpc) is 2.92. The van der Waals surface area contributed by atoms with Gasteiger partial charge in [-0.2, -0.15) is 0 Å². The maximum Gasteiger partial charge on any atom is 0.336 e. The minimum Gasteiger partial charge on any atom is -0.506 e. The third kappa shape index (κ3) is 4.75. The quantitative estimate of drug-likeness (QED) is 0.140. The third-order valence-corrected chi connectivity index (χ3v) is 7.04. The average molecular weight is 545 g/mol. The smallest absolute Gasteiger partial charge is 0.336 e. The molecule has 1 N–H and O–H groups in total. The number of hydrogen-bond acceptors (Lipinski definition) is 9. The lowest BCUT2D eigenvalue weighted by molar-refractivity contribution is -0.135. The number of esters is 1. The molecule has 0 spiro atoms. The molecule has 0 fully saturated rings. The van der Waals surface area contributed by atoms with Crippen molar-refractivity contribution in [2.75, 3.05) is 20.8 Å². The molecule has 0 unspecified atom stereocenters. The number of ether oxygens (including phenoxy) is 4. The summed E-state index contributed by atoms with van der Waals surface area (Å²) in [6, 6.07) is 14.2. The number of carbonyl (C=O) groups is 2. The van der Waals surface area contributed by atoms with Crippen LogP contribution in [-0.2, 0) is 11.2 Å². The number of ketones is 1. The van der Waals surface area contributed by atoms with Crippen LogP contribution in [0, 0.1) is 6.92 Å². The van der Waals surface area contributed by atoms with Crippen LogP contribution in [0.25, 0.3) is 11.0 Å². The molecule has 0 bridgehead atoms. The molecule has 0 amide bonds. The summed E-state index contributed by atoms with van der Waals surface area (Å²) in [5.41, 5.74) is 1.61. The predicted octanol–water partition coefficient (Wildman–Crippen LogP) is 5.09. The Morgan fingerprint density at radius 1 is 1.07 bits per heavy atom. The number of aryl methyl sites for hydroxylation is 1. The monoisotopic (exact) mass is 544 g/mol. The molecule has 1 aromatic heterocycles. The highest BCUT2D eigenvalue weighted by molar-refractivity contribution is 6.09. The predicted molar refractivity (Wildman–Crippen MR) is 146 cm³/mol. The zero-order chi connectivity index (χ0) is 28.6. The molecule has 0 radical (unpaired) electrons. The van der Waals surface area contributed by atoms with Crippen LogP contribution in [0.4, 0.5) is 0 Å². The molecule has 0 saturated heterocycles. The highest BCUT2D eigenvalue weighted by Gasteiger charge is 2.38. The Labute approximate surface area is 229 Å². The van der Waals surface area contributed by atoms with Crippen LogP contribution in [0.5, 0.6) is 28.7 Å². The molecule has 5 rings (SSSR count). The second-order valence-corrected chi connectivity index (χ2v) is 9.53. The van der Waals surface area contributed by atoms with Crippen LogP contribution in [0.3, 0.4) is 0 Å². The lowest BCUT2D eigenvalue weighted by atomic mass is 9.82. The number of rotatable bonds is 8. The molecule has 1 aliphatic rings. The van der Waals surface area contributed by atoms with Gasteiger partial charge in [-0.1, -0.05) is 24.3 Å². The number of para-hydroxylation sites is 1. The van der Waals surface area contributed by atoms with E-state index in [9.17, 15) is 19.5 Å². The molecule has 4 aromatic rings. The number of Topliss-reactive ketones (excluding diaryl/α,β-unsaturated/α-hetero) is 1. The highest BCUT2D eigenvalue weighted by atomic mass is 16.5. The van der Waals surface area contributed by atoms with Crippen LogP contribution < -0.4 is 24.6 Å². The summed E-state index contributed by atoms with van der Waals surface area (Å²) in [5.74, 6) is -0.766. The lowest BCUT2D eigenvalue weighted by Gasteiger charge is -2.29. The summed E-state index contributed by atoms with van der Waals surface area (Å²) < 4.78 is 28.2. The van der Waals surface area contributed by atoms with Crippen LogP contribution in [0.2, 0.25) is 0 Å². The first-order valence-electron chi connectivity index (χ1n) is 12.7. The van der Waals surface area contributed by atoms with Gasteiger partial charge in [0.05, 0.1) is 32.6 Å². The molecule has 40 heavy (non-hydrogen) atoms. The van der Waals surface area contributed by atoms with Crippen LogP contribution in [-0.4, -0.2) is 37.7 Å². The van der Waals surface area contributed by atoms with Crippen LogP contribution in [0.1, 0.15) is 51.9 Å². The molecule has 3 aromatic carbocycles. The number of hydrogen-bond donors (Lipinski definition) is 1. The Hall–Kier alpha value is -4.79. The van der Waals surface area contributed by atoms with E-state index in [1.165, 1.54) is 20.1 Å². The summed E-state index contributed by atoms with van der Waals surface area (Å²) in [6.07, 6.45) is 0.466. The van der Waals surface area contributed by atoms with Crippen molar-refractivity contribution in [1.29, 1.82) is 0 Å². The number of phenols is 1. The fourth-order valence-corrected chi connectivity index (χ4v) is 5.19. The van der Waals surface area contributed by atoms with Gasteiger partial charge in [0.15, 0.2) is 23.0 Å². The second kappa shape index (κ2) is 10.8. The van der Waals surface area contributed by atoms with Gasteiger partial charge < -0.3 is 28.5 Å². The first-order valence-corrected chi connectivity index (χ1v) is 12.7. The summed E-state index contributed by atoms with van der Waals surface area (Å²) in [7, 11) is 3.12. The SMILES string of the molecule is COc1ccc(CCOc2c(OC)cccc2[C@H]2CC(=O)Oc3c(C(C)=O)c(O)c4c(C)cc(=O)oc4c32)cc1. The number of benzene rings is 3. The van der Waals surface area contributed by atoms with E-state index in [4.69, 9.17) is 23.4 Å². The van der Waals surface area contributed by atoms with E-state index in [1.807, 2.05) is 24.3 Å². The van der Waals surface area contributed by atoms with E-state index < -0.39 is 29.0 Å². The number of aromatic hydroxyl groups is 1. The minimum absolute atomic E-state index is 0.0482. The second-order valence-electron chi connectivity index (χ2n) is 9.53. The van der Waals surface area contributed by atoms with Crippen molar-refractivity contribution in [3.8, 4) is 28.7 Å². The Bertz CT molecular complexity index is 1680. The van der Waals surface area contributed by atoms with Crippen LogP contribution >= 0.6 is 0 Å². The van der Waals surface area contributed by atoms with Gasteiger partial charge >= 0.3 is 11.6 Å². The Morgan fingerprint density at radius 2 is 1.82 bits per heavy atom. The largest absolute Gasteiger partial charge is 0.506 e. The molecular formula is C31H28O9. The fraction of sp³-hybridized carbons (Fsp3) is 0.258. The molecule has 206 valence electrons. The van der Waals surface area contributed by atoms with Crippen molar-refractivity contribution < 1.29 is 38.1 Å². The molecule has 9 heteroatoms. The highest BCUT2D eigenvalue weighted by Crippen LogP contribution is 2.51. The van der Waals surface area contributed by atoms with Gasteiger partial charge in [0, 0.05) is 29.5 Å². The summed E-state index contributed by atoms with van der Waals surface area (Å²) in [4.78, 5) is 38.0. The molecule has 1 atom stereocenters. The topological polar surface area (TPSA) is 122 Å². The first-order chi connectivity index (χ1) is 19.2. The van der Waals surface area contributed by atoms with Crippen molar-refractivity contribution in [3.63, 3.8) is 0 Å². The summed E-state index contributed by atoms with van der Waals surface area (Å²) in [6.45, 7) is 3.21. The van der Waals surface area contributed by atoms with E-state index in [0.29, 0.717) is 41.2 Å². The standard InChI is InChI=1S/C31H28O9/c1-16-14-23(33)39-30-25(16)28(35)26(17(2)32)31-27(30)21(15-24(34)40-31)20-6-5-7-22(37-4)29(20)38-13-12-18-8-10-19(36-3)11-9-18/h5-11,14,21,35H,12-13,15H2,1-4H3/t21-/m1/s1. The van der Waals surface area contributed by atoms with Crippen molar-refractivity contribution in [3.05, 3.63) is 86.8 Å². The molecule has 2 heterocycles. The zero-order valence-electron chi connectivity index (χ0n) is 22.5. The molecule has 0 aliphatic carbocycles. The van der Waals surface area contributed by atoms with Gasteiger partial charge in [-0.3, -0.25) is 9.59 Å². The fourth-order valence-electron chi connectivity index (χ4n) is 5.19. The van der Waals surface area contributed by atoms with E-state index in [2.05, 4.69) is 0 Å². The van der Waals surface area contributed by atoms with Gasteiger partial charge in [0.2, 0.25) is 0 Å². The molecular weight excluding hydrogens is 516 g/mol. The Kier molecular flexibility index (Phi) is 7.21. The van der Waals surface area contributed by atoms with Crippen molar-refractivity contribution in [2.24, 2.45) is 0 Å². The van der Waals surface area contributed by atoms with Crippen LogP contribution in [0.15, 0.2) is 57.7 Å². The van der Waals surface area contributed by atoms with Gasteiger partial charge in [-0.15, -0.1) is 0 Å². The molecule has 9 nitrogen and oxygen atoms in total. The Morgan fingerprint density at radius 3 is 2.50 bits per heavy atom. The van der Waals surface area contributed by atoms with Crippen molar-refractivity contribution in [2.45, 2.75) is 32.6 Å².